The molecule has 42 heavy (non-hydrogen) atoms. The molecule has 0 spiro atoms. The Kier molecular flexibility index (Phi) is 8.44. The number of unbranched alkanes of at least 4 members (excludes halogenated alkanes) is 1. The molecule has 5 N–H and O–H groups in total. The molecular weight excluding hydrogens is 554 g/mol. The van der Waals surface area contributed by atoms with E-state index in [1.165, 1.54) is 6.33 Å². The molecule has 5 rings (SSSR count). The molecule has 3 heterocycles. The third kappa shape index (κ3) is 4.88. The van der Waals surface area contributed by atoms with Gasteiger partial charge in [0.2, 0.25) is 11.9 Å². The quantitative estimate of drug-likeness (QED) is 0.168. The van der Waals surface area contributed by atoms with Gasteiger partial charge in [0, 0.05) is 5.92 Å². The Morgan fingerprint density at radius 1 is 1.14 bits per heavy atom. The van der Waals surface area contributed by atoms with Gasteiger partial charge in [-0.2, -0.15) is 4.98 Å². The zero-order valence-corrected chi connectivity index (χ0v) is 25.1. The van der Waals surface area contributed by atoms with Gasteiger partial charge in [-0.1, -0.05) is 105 Å². The number of carbonyl (C=O) groups is 1. The van der Waals surface area contributed by atoms with Crippen LogP contribution in [0.15, 0.2) is 71.8 Å². The second kappa shape index (κ2) is 11.9. The molecule has 4 atom stereocenters. The molecule has 0 bridgehead atoms. The number of rotatable bonds is 10. The smallest absolute Gasteiger partial charge is 0.280 e. The first-order chi connectivity index (χ1) is 20.2. The van der Waals surface area contributed by atoms with Crippen LogP contribution in [-0.4, -0.2) is 74.0 Å². The summed E-state index contributed by atoms with van der Waals surface area (Å²) in [6.07, 6.45) is 0.231. The van der Waals surface area contributed by atoms with Gasteiger partial charge >= 0.3 is 0 Å². The van der Waals surface area contributed by atoms with E-state index in [1.54, 1.807) is 18.4 Å². The van der Waals surface area contributed by atoms with Crippen LogP contribution in [0.25, 0.3) is 11.2 Å². The summed E-state index contributed by atoms with van der Waals surface area (Å²) in [6, 6.07) is 19.2. The van der Waals surface area contributed by atoms with E-state index in [0.717, 1.165) is 16.8 Å². The molecule has 0 saturated carbocycles. The highest BCUT2D eigenvalue weighted by atomic mass is 28.3. The number of H-pyrrole nitrogens is 1. The number of fused-ring (bicyclic) bond motifs is 1. The van der Waals surface area contributed by atoms with Gasteiger partial charge in [0.05, 0.1) is 12.9 Å². The monoisotopic (exact) mass is 591 g/mol. The molecule has 222 valence electrons. The molecule has 0 radical (unpaired) electrons. The largest absolute Gasteiger partial charge is 0.394 e. The van der Waals surface area contributed by atoms with Gasteiger partial charge in [0.25, 0.3) is 5.56 Å². The number of ether oxygens (including phenoxy) is 1. The number of aliphatic hydroxyl groups excluding tert-OH is 2. The molecule has 2 aromatic carbocycles. The lowest BCUT2D eigenvalue weighted by Crippen LogP contribution is -2.71. The van der Waals surface area contributed by atoms with Crippen molar-refractivity contribution >= 4 is 42.2 Å². The van der Waals surface area contributed by atoms with Crippen molar-refractivity contribution in [1.82, 2.24) is 19.5 Å². The van der Waals surface area contributed by atoms with E-state index in [9.17, 15) is 24.9 Å². The number of aromatic amines is 1. The number of anilines is 1. The van der Waals surface area contributed by atoms with Crippen molar-refractivity contribution in [3.63, 3.8) is 0 Å². The van der Waals surface area contributed by atoms with Crippen molar-refractivity contribution in [2.24, 2.45) is 5.92 Å². The molecule has 0 aliphatic carbocycles. The normalized spacial score (nSPS) is 24.1. The third-order valence-corrected chi connectivity index (χ3v) is 11.9. The van der Waals surface area contributed by atoms with E-state index in [0.29, 0.717) is 6.42 Å². The van der Waals surface area contributed by atoms with Gasteiger partial charge in [-0.05, 0) is 6.42 Å². The van der Waals surface area contributed by atoms with Crippen LogP contribution < -0.4 is 21.2 Å². The number of nitrogens with zero attached hydrogens (tertiary/aromatic N) is 3. The summed E-state index contributed by atoms with van der Waals surface area (Å²) in [5.74, 6) is -0.783. The van der Waals surface area contributed by atoms with E-state index < -0.39 is 44.1 Å². The second-order valence-electron chi connectivity index (χ2n) is 11.1. The van der Waals surface area contributed by atoms with Gasteiger partial charge in [-0.3, -0.25) is 24.5 Å². The molecule has 2 aromatic heterocycles. The Balaban J connectivity index is 1.88. The summed E-state index contributed by atoms with van der Waals surface area (Å²) < 4.78 is 8.29. The Morgan fingerprint density at radius 2 is 1.76 bits per heavy atom. The van der Waals surface area contributed by atoms with Crippen molar-refractivity contribution in [2.45, 2.75) is 63.2 Å². The van der Waals surface area contributed by atoms with Crippen LogP contribution in [0.5, 0.6) is 0 Å². The zero-order chi connectivity index (χ0) is 30.1. The molecule has 11 nitrogen and oxygen atoms in total. The first kappa shape index (κ1) is 29.8. The van der Waals surface area contributed by atoms with Crippen LogP contribution >= 0.6 is 0 Å². The minimum Gasteiger partial charge on any atom is -0.394 e. The number of imidazole rings is 1. The van der Waals surface area contributed by atoms with Crippen molar-refractivity contribution in [3.05, 3.63) is 77.3 Å². The predicted molar refractivity (Wildman–Crippen MR) is 161 cm³/mol. The SMILES string of the molecule is CCCC[C@@]1(O)[C@H](O)[C@@H](CO)O[C@]1(n1cnc2c(=O)[nH]c(NC(=O)C(C)C)nc21)[SiH](c1ccccc1)c1ccccc1. The van der Waals surface area contributed by atoms with Gasteiger partial charge < -0.3 is 20.1 Å². The number of carbonyl (C=O) groups excluding carboxylic acids is 1. The van der Waals surface area contributed by atoms with E-state index >= 15 is 0 Å². The molecule has 1 aliphatic heterocycles. The maximum absolute atomic E-state index is 13.2. The number of nitrogens with one attached hydrogen (secondary N) is 2. The Morgan fingerprint density at radius 3 is 2.31 bits per heavy atom. The molecule has 1 amide bonds. The highest BCUT2D eigenvalue weighted by Crippen LogP contribution is 2.49. The number of benzene rings is 2. The Labute approximate surface area is 244 Å². The standard InChI is InChI=1S/C30H37N5O6Si/c1-4-5-16-29(40)24(37)22(17-36)41-30(29,42(20-12-8-6-9-13-20)21-14-10-7-11-15-21)35-18-31-23-25(35)32-28(34-27(23)39)33-26(38)19(2)3/h6-15,18-19,22,24,36-37,40,42H,4-5,16-17H2,1-3H3,(H2,32,33,34,38,39)/t22-,24-,29-,30+/m1/s1. The van der Waals surface area contributed by atoms with Gasteiger partial charge in [0.1, 0.15) is 17.8 Å². The molecule has 0 unspecified atom stereocenters. The van der Waals surface area contributed by atoms with Crippen LogP contribution in [0, 0.1) is 5.92 Å². The van der Waals surface area contributed by atoms with Crippen LogP contribution in [-0.2, 0) is 14.9 Å². The average Bonchev–Trinajstić information content (AvgIpc) is 3.51. The van der Waals surface area contributed by atoms with Gasteiger partial charge in [-0.15, -0.1) is 0 Å². The Hall–Kier alpha value is -3.68. The number of amides is 1. The Bertz CT molecular complexity index is 1560. The van der Waals surface area contributed by atoms with Crippen LogP contribution in [0.3, 0.4) is 0 Å². The van der Waals surface area contributed by atoms with E-state index in [2.05, 4.69) is 20.3 Å². The van der Waals surface area contributed by atoms with Crippen LogP contribution in [0.1, 0.15) is 40.0 Å². The molecule has 1 aliphatic rings. The predicted octanol–water partition coefficient (Wildman–Crippen LogP) is 0.621. The number of hydrogen-bond donors (Lipinski definition) is 5. The van der Waals surface area contributed by atoms with Crippen LogP contribution in [0.4, 0.5) is 5.95 Å². The van der Waals surface area contributed by atoms with Gasteiger partial charge in [0.15, 0.2) is 25.3 Å². The number of hydrogen-bond acceptors (Lipinski definition) is 8. The highest BCUT2D eigenvalue weighted by molar-refractivity contribution is 6.87. The third-order valence-electron chi connectivity index (χ3n) is 8.07. The summed E-state index contributed by atoms with van der Waals surface area (Å²) >= 11 is 0. The fourth-order valence-corrected chi connectivity index (χ4v) is 10.1. The van der Waals surface area contributed by atoms with Crippen molar-refractivity contribution < 1.29 is 24.9 Å². The fraction of sp³-hybridized carbons (Fsp3) is 0.400. The lowest BCUT2D eigenvalue weighted by atomic mass is 9.88. The minimum absolute atomic E-state index is 0.0193. The summed E-state index contributed by atoms with van der Waals surface area (Å²) in [5.41, 5.74) is -2.45. The minimum atomic E-state index is -2.83. The average molecular weight is 592 g/mol. The van der Waals surface area contributed by atoms with E-state index in [4.69, 9.17) is 4.74 Å². The van der Waals surface area contributed by atoms with Crippen LogP contribution in [0.2, 0.25) is 0 Å². The maximum atomic E-state index is 13.2. The first-order valence-electron chi connectivity index (χ1n) is 14.3. The number of aromatic nitrogens is 4. The summed E-state index contributed by atoms with van der Waals surface area (Å²) in [4.78, 5) is 37.3. The van der Waals surface area contributed by atoms with Crippen molar-refractivity contribution in [1.29, 1.82) is 0 Å². The topological polar surface area (TPSA) is 163 Å². The van der Waals surface area contributed by atoms with Crippen molar-refractivity contribution in [3.8, 4) is 0 Å². The molecule has 12 heteroatoms. The van der Waals surface area contributed by atoms with E-state index in [-0.39, 0.29) is 35.4 Å². The second-order valence-corrected chi connectivity index (χ2v) is 14.1. The summed E-state index contributed by atoms with van der Waals surface area (Å²) in [6.45, 7) is 4.88. The van der Waals surface area contributed by atoms with Crippen molar-refractivity contribution in [2.75, 3.05) is 11.9 Å². The fourth-order valence-electron chi connectivity index (χ4n) is 5.96. The zero-order valence-electron chi connectivity index (χ0n) is 23.9. The summed E-state index contributed by atoms with van der Waals surface area (Å²) in [5, 5.41) is 37.6. The molecule has 1 fully saturated rings. The molecule has 4 aromatic rings. The highest BCUT2D eigenvalue weighted by Gasteiger charge is 2.69. The lowest BCUT2D eigenvalue weighted by Gasteiger charge is -2.47. The molecule has 1 saturated heterocycles. The lowest BCUT2D eigenvalue weighted by molar-refractivity contribution is -0.146. The summed E-state index contributed by atoms with van der Waals surface area (Å²) in [7, 11) is -2.83. The molecular formula is C30H37N5O6Si. The first-order valence-corrected chi connectivity index (χ1v) is 16.0. The maximum Gasteiger partial charge on any atom is 0.280 e. The van der Waals surface area contributed by atoms with Gasteiger partial charge in [-0.25, -0.2) is 4.98 Å². The van der Waals surface area contributed by atoms with E-state index in [1.807, 2.05) is 67.6 Å². The number of aliphatic hydroxyl groups is 3.